The van der Waals surface area contributed by atoms with Gasteiger partial charge < -0.3 is 19.7 Å². The highest BCUT2D eigenvalue weighted by molar-refractivity contribution is 5.48. The molecule has 2 aliphatic rings. The lowest BCUT2D eigenvalue weighted by Crippen LogP contribution is -2.43. The number of nitrogens with one attached hydrogen (secondary N) is 1. The van der Waals surface area contributed by atoms with Gasteiger partial charge >= 0.3 is 0 Å². The van der Waals surface area contributed by atoms with Crippen LogP contribution >= 0.6 is 0 Å². The van der Waals surface area contributed by atoms with Gasteiger partial charge in [-0.15, -0.1) is 0 Å². The summed E-state index contributed by atoms with van der Waals surface area (Å²) in [6.07, 6.45) is 10.9. The van der Waals surface area contributed by atoms with Crippen LogP contribution in [0.4, 0.5) is 5.82 Å². The van der Waals surface area contributed by atoms with Gasteiger partial charge in [0.15, 0.2) is 5.75 Å². The first-order valence-electron chi connectivity index (χ1n) is 11.0. The monoisotopic (exact) mass is 396 g/mol. The van der Waals surface area contributed by atoms with Crippen LogP contribution in [0.15, 0.2) is 36.7 Å². The summed E-state index contributed by atoms with van der Waals surface area (Å²) in [7, 11) is 0. The van der Waals surface area contributed by atoms with E-state index in [1.54, 1.807) is 0 Å². The molecule has 156 valence electrons. The number of rotatable bonds is 8. The van der Waals surface area contributed by atoms with Crippen molar-refractivity contribution in [1.82, 2.24) is 15.3 Å². The Morgan fingerprint density at radius 1 is 1.10 bits per heavy atom. The third kappa shape index (κ3) is 5.18. The highest BCUT2D eigenvalue weighted by Crippen LogP contribution is 2.33. The molecule has 0 bridgehead atoms. The lowest BCUT2D eigenvalue weighted by molar-refractivity contribution is 0.188. The van der Waals surface area contributed by atoms with Gasteiger partial charge in [-0.05, 0) is 82.3 Å². The van der Waals surface area contributed by atoms with Crippen molar-refractivity contribution in [1.29, 1.82) is 0 Å². The predicted molar refractivity (Wildman–Crippen MR) is 115 cm³/mol. The van der Waals surface area contributed by atoms with Crippen molar-refractivity contribution in [2.24, 2.45) is 0 Å². The Kier molecular flexibility index (Phi) is 6.83. The lowest BCUT2D eigenvalue weighted by Gasteiger charge is -2.36. The summed E-state index contributed by atoms with van der Waals surface area (Å²) in [4.78, 5) is 11.7. The molecular formula is C23H32N4O2. The quantitative estimate of drug-likeness (QED) is 0.729. The fraction of sp³-hybridized carbons (Fsp3) is 0.565. The first-order valence-corrected chi connectivity index (χ1v) is 11.0. The first kappa shape index (κ1) is 20.0. The standard InChI is InChI=1S/C23H32N4O2/c1-2-28-21-9-10-22(26-23(21)29-20-7-3-4-8-20)27(19-11-14-24-15-12-19)17-18-6-5-13-25-16-18/h5-6,9-10,13,16,19-20,24H,2-4,7-8,11-12,14-15,17H2,1H3. The molecule has 1 saturated carbocycles. The maximum Gasteiger partial charge on any atom is 0.259 e. The molecule has 3 heterocycles. The molecule has 0 unspecified atom stereocenters. The molecule has 0 amide bonds. The first-order chi connectivity index (χ1) is 14.3. The van der Waals surface area contributed by atoms with Crippen LogP contribution in [0.25, 0.3) is 0 Å². The molecular weight excluding hydrogens is 364 g/mol. The Bertz CT molecular complexity index is 759. The minimum Gasteiger partial charge on any atom is -0.488 e. The zero-order valence-electron chi connectivity index (χ0n) is 17.3. The van der Waals surface area contributed by atoms with Gasteiger partial charge in [-0.3, -0.25) is 4.98 Å². The van der Waals surface area contributed by atoms with Gasteiger partial charge in [0.25, 0.3) is 5.88 Å². The SMILES string of the molecule is CCOc1ccc(N(Cc2cccnc2)C2CCNCC2)nc1OC1CCCC1. The maximum absolute atomic E-state index is 6.30. The third-order valence-corrected chi connectivity index (χ3v) is 5.81. The number of hydrogen-bond donors (Lipinski definition) is 1. The Morgan fingerprint density at radius 2 is 1.93 bits per heavy atom. The fourth-order valence-corrected chi connectivity index (χ4v) is 4.30. The zero-order valence-corrected chi connectivity index (χ0v) is 17.3. The van der Waals surface area contributed by atoms with Crippen molar-refractivity contribution in [3.8, 4) is 11.6 Å². The number of anilines is 1. The number of pyridine rings is 2. The molecule has 0 spiro atoms. The van der Waals surface area contributed by atoms with Crippen molar-refractivity contribution in [2.45, 2.75) is 64.1 Å². The number of aromatic nitrogens is 2. The Hall–Kier alpha value is -2.34. The van der Waals surface area contributed by atoms with Crippen LogP contribution in [0.3, 0.4) is 0 Å². The van der Waals surface area contributed by atoms with Crippen LogP contribution in [-0.4, -0.2) is 41.8 Å². The normalized spacial score (nSPS) is 18.0. The molecule has 6 nitrogen and oxygen atoms in total. The molecule has 2 fully saturated rings. The van der Waals surface area contributed by atoms with Crippen molar-refractivity contribution in [2.75, 3.05) is 24.6 Å². The van der Waals surface area contributed by atoms with Crippen molar-refractivity contribution >= 4 is 5.82 Å². The van der Waals surface area contributed by atoms with Gasteiger partial charge in [0, 0.05) is 25.0 Å². The molecule has 29 heavy (non-hydrogen) atoms. The van der Waals surface area contributed by atoms with Gasteiger partial charge in [-0.2, -0.15) is 4.98 Å². The van der Waals surface area contributed by atoms with E-state index < -0.39 is 0 Å². The second-order valence-corrected chi connectivity index (χ2v) is 7.90. The highest BCUT2D eigenvalue weighted by atomic mass is 16.5. The van der Waals surface area contributed by atoms with E-state index in [1.165, 1.54) is 18.4 Å². The van der Waals surface area contributed by atoms with Crippen LogP contribution in [0.2, 0.25) is 0 Å². The minimum absolute atomic E-state index is 0.252. The van der Waals surface area contributed by atoms with Gasteiger partial charge in [0.2, 0.25) is 0 Å². The van der Waals surface area contributed by atoms with Gasteiger partial charge in [-0.1, -0.05) is 6.07 Å². The summed E-state index contributed by atoms with van der Waals surface area (Å²) in [5.41, 5.74) is 1.19. The lowest BCUT2D eigenvalue weighted by atomic mass is 10.0. The van der Waals surface area contributed by atoms with Crippen molar-refractivity contribution < 1.29 is 9.47 Å². The molecule has 0 radical (unpaired) electrons. The average Bonchev–Trinajstić information content (AvgIpc) is 3.28. The smallest absolute Gasteiger partial charge is 0.259 e. The topological polar surface area (TPSA) is 59.5 Å². The second kappa shape index (κ2) is 9.92. The Balaban J connectivity index is 1.62. The number of ether oxygens (including phenoxy) is 2. The minimum atomic E-state index is 0.252. The summed E-state index contributed by atoms with van der Waals surface area (Å²) >= 11 is 0. The summed E-state index contributed by atoms with van der Waals surface area (Å²) in [6.45, 7) is 5.47. The molecule has 1 saturated heterocycles. The van der Waals surface area contributed by atoms with Crippen LogP contribution < -0.4 is 19.7 Å². The summed E-state index contributed by atoms with van der Waals surface area (Å²) in [6, 6.07) is 8.67. The van der Waals surface area contributed by atoms with E-state index in [-0.39, 0.29) is 6.10 Å². The summed E-state index contributed by atoms with van der Waals surface area (Å²) in [5, 5.41) is 3.47. The average molecular weight is 397 g/mol. The molecule has 0 atom stereocenters. The van der Waals surface area contributed by atoms with E-state index in [0.29, 0.717) is 18.5 Å². The van der Waals surface area contributed by atoms with E-state index in [2.05, 4.69) is 27.3 Å². The molecule has 1 aliphatic heterocycles. The number of hydrogen-bond acceptors (Lipinski definition) is 6. The Labute approximate surface area is 173 Å². The fourth-order valence-electron chi connectivity index (χ4n) is 4.30. The second-order valence-electron chi connectivity index (χ2n) is 7.90. The van der Waals surface area contributed by atoms with E-state index in [0.717, 1.165) is 56.9 Å². The van der Waals surface area contributed by atoms with Gasteiger partial charge in [0.1, 0.15) is 11.9 Å². The number of nitrogens with zero attached hydrogens (tertiary/aromatic N) is 3. The van der Waals surface area contributed by atoms with E-state index >= 15 is 0 Å². The van der Waals surface area contributed by atoms with E-state index in [1.807, 2.05) is 31.5 Å². The summed E-state index contributed by atoms with van der Waals surface area (Å²) < 4.78 is 12.1. The highest BCUT2D eigenvalue weighted by Gasteiger charge is 2.25. The van der Waals surface area contributed by atoms with E-state index in [4.69, 9.17) is 14.5 Å². The summed E-state index contributed by atoms with van der Waals surface area (Å²) in [5.74, 6) is 2.34. The zero-order chi connectivity index (χ0) is 19.9. The molecule has 2 aromatic heterocycles. The molecule has 1 N–H and O–H groups in total. The van der Waals surface area contributed by atoms with Crippen LogP contribution in [0.5, 0.6) is 11.6 Å². The molecule has 0 aromatic carbocycles. The van der Waals surface area contributed by atoms with E-state index in [9.17, 15) is 0 Å². The van der Waals surface area contributed by atoms with Crippen LogP contribution in [0, 0.1) is 0 Å². The van der Waals surface area contributed by atoms with Crippen LogP contribution in [-0.2, 0) is 6.54 Å². The van der Waals surface area contributed by atoms with Crippen molar-refractivity contribution in [3.05, 3.63) is 42.2 Å². The Morgan fingerprint density at radius 3 is 2.66 bits per heavy atom. The third-order valence-electron chi connectivity index (χ3n) is 5.81. The molecule has 4 rings (SSSR count). The molecule has 2 aromatic rings. The maximum atomic E-state index is 6.30. The van der Waals surface area contributed by atoms with Gasteiger partial charge in [0.05, 0.1) is 6.61 Å². The number of piperidine rings is 1. The van der Waals surface area contributed by atoms with Gasteiger partial charge in [-0.25, -0.2) is 0 Å². The van der Waals surface area contributed by atoms with Crippen molar-refractivity contribution in [3.63, 3.8) is 0 Å². The predicted octanol–water partition coefficient (Wildman–Crippen LogP) is 3.96. The molecule has 1 aliphatic carbocycles. The largest absolute Gasteiger partial charge is 0.488 e. The van der Waals surface area contributed by atoms with Crippen LogP contribution in [0.1, 0.15) is 51.0 Å². The molecule has 6 heteroatoms.